The van der Waals surface area contributed by atoms with Gasteiger partial charge >= 0.3 is 0 Å². The van der Waals surface area contributed by atoms with Gasteiger partial charge in [-0.3, -0.25) is 9.59 Å². The molecule has 31 heavy (non-hydrogen) atoms. The molecule has 4 rings (SSSR count). The Morgan fingerprint density at radius 1 is 1.06 bits per heavy atom. The van der Waals surface area contributed by atoms with Gasteiger partial charge in [0, 0.05) is 17.5 Å². The van der Waals surface area contributed by atoms with Gasteiger partial charge in [0.05, 0.1) is 31.5 Å². The van der Waals surface area contributed by atoms with Crippen molar-refractivity contribution in [1.82, 2.24) is 9.78 Å². The quantitative estimate of drug-likeness (QED) is 0.629. The van der Waals surface area contributed by atoms with Crippen LogP contribution in [0.5, 0.6) is 11.5 Å². The second-order valence-electron chi connectivity index (χ2n) is 7.79. The maximum absolute atomic E-state index is 13.5. The first-order chi connectivity index (χ1) is 14.8. The summed E-state index contributed by atoms with van der Waals surface area (Å²) in [6.45, 7) is 5.90. The SMILES string of the molecule is COc1ccc(C(=O)C2CC(=O)Nc3c2c(C)nn3-c2ccc(C)cc2C)cc1OC. The molecule has 7 nitrogen and oxygen atoms in total. The number of nitrogens with zero attached hydrogens (tertiary/aromatic N) is 2. The van der Waals surface area contributed by atoms with Crippen molar-refractivity contribution in [3.63, 3.8) is 0 Å². The van der Waals surface area contributed by atoms with Crippen molar-refractivity contribution in [2.75, 3.05) is 19.5 Å². The number of aromatic nitrogens is 2. The average molecular weight is 419 g/mol. The van der Waals surface area contributed by atoms with Gasteiger partial charge in [-0.25, -0.2) is 4.68 Å². The summed E-state index contributed by atoms with van der Waals surface area (Å²) < 4.78 is 12.3. The minimum atomic E-state index is -0.624. The summed E-state index contributed by atoms with van der Waals surface area (Å²) in [4.78, 5) is 26.1. The number of amides is 1. The number of carbonyl (C=O) groups is 2. The van der Waals surface area contributed by atoms with Crippen molar-refractivity contribution in [3.8, 4) is 17.2 Å². The van der Waals surface area contributed by atoms with Crippen LogP contribution in [0.25, 0.3) is 5.69 Å². The monoisotopic (exact) mass is 419 g/mol. The zero-order valence-electron chi connectivity index (χ0n) is 18.3. The Morgan fingerprint density at radius 3 is 2.48 bits per heavy atom. The van der Waals surface area contributed by atoms with Gasteiger partial charge in [0.1, 0.15) is 5.82 Å². The predicted octanol–water partition coefficient (Wildman–Crippen LogP) is 4.12. The molecular weight excluding hydrogens is 394 g/mol. The van der Waals surface area contributed by atoms with Crippen molar-refractivity contribution < 1.29 is 19.1 Å². The average Bonchev–Trinajstić information content (AvgIpc) is 3.08. The van der Waals surface area contributed by atoms with E-state index in [0.717, 1.165) is 22.4 Å². The number of aryl methyl sites for hydroxylation is 3. The Morgan fingerprint density at radius 2 is 1.81 bits per heavy atom. The Bertz CT molecular complexity index is 1200. The van der Waals surface area contributed by atoms with Gasteiger partial charge in [-0.2, -0.15) is 5.10 Å². The van der Waals surface area contributed by atoms with Crippen LogP contribution in [0.15, 0.2) is 36.4 Å². The lowest BCUT2D eigenvalue weighted by Crippen LogP contribution is -2.28. The second-order valence-corrected chi connectivity index (χ2v) is 7.79. The molecule has 0 bridgehead atoms. The molecule has 2 heterocycles. The summed E-state index contributed by atoms with van der Waals surface area (Å²) in [7, 11) is 3.07. The molecule has 2 aromatic carbocycles. The maximum Gasteiger partial charge on any atom is 0.226 e. The van der Waals surface area contributed by atoms with Crippen molar-refractivity contribution in [1.29, 1.82) is 0 Å². The van der Waals surface area contributed by atoms with Crippen LogP contribution in [0.4, 0.5) is 5.82 Å². The van der Waals surface area contributed by atoms with E-state index < -0.39 is 5.92 Å². The maximum atomic E-state index is 13.5. The van der Waals surface area contributed by atoms with Gasteiger partial charge in [-0.1, -0.05) is 17.7 Å². The first-order valence-corrected chi connectivity index (χ1v) is 10.1. The first-order valence-electron chi connectivity index (χ1n) is 10.1. The lowest BCUT2D eigenvalue weighted by molar-refractivity contribution is -0.116. The molecule has 1 aromatic heterocycles. The van der Waals surface area contributed by atoms with Gasteiger partial charge in [-0.05, 0) is 50.6 Å². The van der Waals surface area contributed by atoms with E-state index in [1.54, 1.807) is 30.0 Å². The highest BCUT2D eigenvalue weighted by Crippen LogP contribution is 2.39. The zero-order chi connectivity index (χ0) is 22.3. The minimum absolute atomic E-state index is 0.0690. The number of benzene rings is 2. The number of fused-ring (bicyclic) bond motifs is 1. The Balaban J connectivity index is 1.81. The van der Waals surface area contributed by atoms with Crippen molar-refractivity contribution in [2.24, 2.45) is 0 Å². The van der Waals surface area contributed by atoms with E-state index in [4.69, 9.17) is 9.47 Å². The van der Waals surface area contributed by atoms with Gasteiger partial charge in [0.2, 0.25) is 5.91 Å². The summed E-state index contributed by atoms with van der Waals surface area (Å²) >= 11 is 0. The van der Waals surface area contributed by atoms with Crippen LogP contribution in [0.1, 0.15) is 45.1 Å². The molecule has 1 atom stereocenters. The summed E-state index contributed by atoms with van der Waals surface area (Å²) in [6, 6.07) is 11.1. The van der Waals surface area contributed by atoms with Gasteiger partial charge < -0.3 is 14.8 Å². The molecule has 1 unspecified atom stereocenters. The number of anilines is 1. The summed E-state index contributed by atoms with van der Waals surface area (Å²) in [5.74, 6) is 0.579. The fourth-order valence-corrected chi connectivity index (χ4v) is 4.18. The van der Waals surface area contributed by atoms with Gasteiger partial charge in [0.25, 0.3) is 0 Å². The number of carbonyl (C=O) groups excluding carboxylic acids is 2. The van der Waals surface area contributed by atoms with E-state index in [1.165, 1.54) is 7.11 Å². The predicted molar refractivity (Wildman–Crippen MR) is 118 cm³/mol. The number of ether oxygens (including phenoxy) is 2. The number of rotatable bonds is 5. The number of Topliss-reactive ketones (excluding diaryl/α,β-unsaturated/α-hetero) is 1. The molecule has 0 radical (unpaired) electrons. The standard InChI is InChI=1S/C24H25N3O4/c1-13-6-8-18(14(2)10-13)27-24-22(15(3)26-27)17(12-21(28)25-24)23(29)16-7-9-19(30-4)20(11-16)31-5/h6-11,17H,12H2,1-5H3,(H,25,28). The van der Waals surface area contributed by atoms with Gasteiger partial charge in [0.15, 0.2) is 17.3 Å². The van der Waals surface area contributed by atoms with Gasteiger partial charge in [-0.15, -0.1) is 0 Å². The molecular formula is C24H25N3O4. The molecule has 1 amide bonds. The van der Waals surface area contributed by atoms with Crippen LogP contribution in [0.2, 0.25) is 0 Å². The minimum Gasteiger partial charge on any atom is -0.493 e. The van der Waals surface area contributed by atoms with Crippen LogP contribution in [0, 0.1) is 20.8 Å². The summed E-state index contributed by atoms with van der Waals surface area (Å²) in [6.07, 6.45) is 0.0690. The Kier molecular flexibility index (Phi) is 5.27. The molecule has 0 spiro atoms. The molecule has 0 saturated carbocycles. The fourth-order valence-electron chi connectivity index (χ4n) is 4.18. The van der Waals surface area contributed by atoms with E-state index in [0.29, 0.717) is 28.6 Å². The first kappa shape index (κ1) is 20.7. The third-order valence-electron chi connectivity index (χ3n) is 5.67. The molecule has 0 saturated heterocycles. The van der Waals surface area contributed by atoms with Crippen molar-refractivity contribution >= 4 is 17.5 Å². The largest absolute Gasteiger partial charge is 0.493 e. The van der Waals surface area contributed by atoms with Crippen molar-refractivity contribution in [3.05, 3.63) is 64.3 Å². The summed E-state index contributed by atoms with van der Waals surface area (Å²) in [5.41, 5.74) is 4.97. The van der Waals surface area contributed by atoms with Crippen LogP contribution < -0.4 is 14.8 Å². The normalized spacial score (nSPS) is 15.3. The molecule has 0 fully saturated rings. The summed E-state index contributed by atoms with van der Waals surface area (Å²) in [5, 5.41) is 7.61. The third kappa shape index (κ3) is 3.56. The zero-order valence-corrected chi connectivity index (χ0v) is 18.3. The highest BCUT2D eigenvalue weighted by molar-refractivity contribution is 6.08. The highest BCUT2D eigenvalue weighted by atomic mass is 16.5. The molecule has 1 N–H and O–H groups in total. The molecule has 0 aliphatic carbocycles. The van der Waals surface area contributed by atoms with E-state index in [1.807, 2.05) is 32.9 Å². The Hall–Kier alpha value is -3.61. The van der Waals surface area contributed by atoms with Crippen LogP contribution in [-0.4, -0.2) is 35.7 Å². The van der Waals surface area contributed by atoms with Crippen LogP contribution in [0.3, 0.4) is 0 Å². The number of hydrogen-bond donors (Lipinski definition) is 1. The molecule has 1 aliphatic heterocycles. The number of methoxy groups -OCH3 is 2. The molecule has 1 aliphatic rings. The second kappa shape index (κ2) is 7.91. The fraction of sp³-hybridized carbons (Fsp3) is 0.292. The number of ketones is 1. The number of hydrogen-bond acceptors (Lipinski definition) is 5. The lowest BCUT2D eigenvalue weighted by atomic mass is 9.85. The van der Waals surface area contributed by atoms with E-state index in [9.17, 15) is 9.59 Å². The third-order valence-corrected chi connectivity index (χ3v) is 5.67. The van der Waals surface area contributed by atoms with E-state index in [-0.39, 0.29) is 18.1 Å². The van der Waals surface area contributed by atoms with Crippen LogP contribution >= 0.6 is 0 Å². The number of nitrogens with one attached hydrogen (secondary N) is 1. The molecule has 7 heteroatoms. The highest BCUT2D eigenvalue weighted by Gasteiger charge is 2.36. The lowest BCUT2D eigenvalue weighted by Gasteiger charge is -2.23. The van der Waals surface area contributed by atoms with Crippen LogP contribution in [-0.2, 0) is 4.79 Å². The van der Waals surface area contributed by atoms with Crippen molar-refractivity contribution in [2.45, 2.75) is 33.1 Å². The smallest absolute Gasteiger partial charge is 0.226 e. The molecule has 160 valence electrons. The van der Waals surface area contributed by atoms with E-state index in [2.05, 4.69) is 16.5 Å². The van der Waals surface area contributed by atoms with E-state index >= 15 is 0 Å². The molecule has 3 aromatic rings. The topological polar surface area (TPSA) is 82.5 Å². The Labute approximate surface area is 181 Å².